The molecule has 2 heterocycles. The van der Waals surface area contributed by atoms with Gasteiger partial charge in [0.2, 0.25) is 5.78 Å². The number of esters is 1. The summed E-state index contributed by atoms with van der Waals surface area (Å²) in [6.07, 6.45) is 0.982. The van der Waals surface area contributed by atoms with Gasteiger partial charge in [0.15, 0.2) is 11.9 Å². The van der Waals surface area contributed by atoms with Crippen LogP contribution in [0, 0.1) is 0 Å². The molecule has 0 unspecified atom stereocenters. The molecule has 1 aliphatic rings. The lowest BCUT2D eigenvalue weighted by Crippen LogP contribution is -2.26. The van der Waals surface area contributed by atoms with Crippen LogP contribution in [0.5, 0.6) is 11.5 Å². The molecule has 0 fully saturated rings. The zero-order valence-electron chi connectivity index (χ0n) is 13.3. The van der Waals surface area contributed by atoms with E-state index in [1.165, 1.54) is 11.3 Å². The van der Waals surface area contributed by atoms with E-state index in [0.29, 0.717) is 23.7 Å². The molecule has 1 aromatic heterocycles. The minimum absolute atomic E-state index is 0.164. The number of ketones is 1. The van der Waals surface area contributed by atoms with Gasteiger partial charge in [0.1, 0.15) is 11.5 Å². The van der Waals surface area contributed by atoms with Crippen molar-refractivity contribution in [3.05, 3.63) is 51.9 Å². The smallest absolute Gasteiger partial charge is 0.347 e. The van der Waals surface area contributed by atoms with Crippen LogP contribution >= 0.6 is 11.3 Å². The molecule has 3 rings (SSSR count). The Hall–Kier alpha value is -2.60. The van der Waals surface area contributed by atoms with Crippen LogP contribution in [0.4, 0.5) is 0 Å². The Kier molecular flexibility index (Phi) is 4.66. The van der Waals surface area contributed by atoms with Crippen LogP contribution in [0.2, 0.25) is 0 Å². The molecule has 1 aliphatic heterocycles. The van der Waals surface area contributed by atoms with Crippen LogP contribution in [0.15, 0.2) is 41.5 Å². The lowest BCUT2D eigenvalue weighted by atomic mass is 10.1. The minimum atomic E-state index is -0.735. The molecule has 124 valence electrons. The number of ether oxygens (including phenoxy) is 3. The molecule has 2 aromatic rings. The van der Waals surface area contributed by atoms with Gasteiger partial charge in [0.05, 0.1) is 12.2 Å². The molecule has 1 atom stereocenters. The van der Waals surface area contributed by atoms with Gasteiger partial charge in [0, 0.05) is 17.0 Å². The van der Waals surface area contributed by atoms with E-state index < -0.39 is 12.1 Å². The monoisotopic (exact) mass is 344 g/mol. The van der Waals surface area contributed by atoms with Gasteiger partial charge in [0.25, 0.3) is 0 Å². The van der Waals surface area contributed by atoms with Gasteiger partial charge in [-0.2, -0.15) is 0 Å². The number of fused-ring (bicyclic) bond motifs is 1. The maximum absolute atomic E-state index is 12.3. The molecule has 0 bridgehead atoms. The third-order valence-corrected chi connectivity index (χ3v) is 4.21. The Morgan fingerprint density at radius 3 is 2.92 bits per heavy atom. The largest absolute Gasteiger partial charge is 0.479 e. The van der Waals surface area contributed by atoms with E-state index in [1.54, 1.807) is 38.1 Å². The highest BCUT2D eigenvalue weighted by Gasteiger charge is 2.28. The van der Waals surface area contributed by atoms with Crippen molar-refractivity contribution in [1.82, 2.24) is 0 Å². The molecule has 6 heteroatoms. The molecule has 5 nitrogen and oxygen atoms in total. The van der Waals surface area contributed by atoms with E-state index in [-0.39, 0.29) is 11.5 Å². The fraction of sp³-hybridized carbons (Fsp3) is 0.222. The second-order valence-electron chi connectivity index (χ2n) is 5.13. The van der Waals surface area contributed by atoms with Gasteiger partial charge in [-0.25, -0.2) is 4.79 Å². The molecule has 0 saturated heterocycles. The van der Waals surface area contributed by atoms with E-state index in [2.05, 4.69) is 0 Å². The summed E-state index contributed by atoms with van der Waals surface area (Å²) in [4.78, 5) is 24.9. The van der Waals surface area contributed by atoms with E-state index >= 15 is 0 Å². The first-order valence-electron chi connectivity index (χ1n) is 7.53. The van der Waals surface area contributed by atoms with Gasteiger partial charge < -0.3 is 14.2 Å². The molecular formula is C18H16O5S. The fourth-order valence-corrected chi connectivity index (χ4v) is 2.90. The number of allylic oxidation sites excluding steroid dienone is 1. The maximum Gasteiger partial charge on any atom is 0.347 e. The summed E-state index contributed by atoms with van der Waals surface area (Å²) in [6, 6.07) is 8.71. The molecule has 0 aliphatic carbocycles. The summed E-state index contributed by atoms with van der Waals surface area (Å²) >= 11 is 1.53. The van der Waals surface area contributed by atoms with E-state index in [0.717, 1.165) is 4.88 Å². The minimum Gasteiger partial charge on any atom is -0.479 e. The lowest BCUT2D eigenvalue weighted by Gasteiger charge is -2.13. The highest BCUT2D eigenvalue weighted by molar-refractivity contribution is 7.10. The number of hydrogen-bond acceptors (Lipinski definition) is 6. The molecule has 24 heavy (non-hydrogen) atoms. The average molecular weight is 344 g/mol. The third-order valence-electron chi connectivity index (χ3n) is 3.39. The second-order valence-corrected chi connectivity index (χ2v) is 6.10. The average Bonchev–Trinajstić information content (AvgIpc) is 3.17. The number of carbonyl (C=O) groups excluding carboxylic acids is 2. The quantitative estimate of drug-likeness (QED) is 0.611. The molecular weight excluding hydrogens is 328 g/mol. The number of benzene rings is 1. The Morgan fingerprint density at radius 1 is 1.38 bits per heavy atom. The van der Waals surface area contributed by atoms with Crippen molar-refractivity contribution < 1.29 is 23.8 Å². The van der Waals surface area contributed by atoms with Gasteiger partial charge >= 0.3 is 5.97 Å². The standard InChI is InChI=1S/C18H16O5S/c1-3-21-18(20)11(2)22-12-6-7-14-15(9-12)23-16(17(14)19)10-13-5-4-8-24-13/h4-11H,3H2,1-2H3/b16-10-/t11-/m1/s1. The summed E-state index contributed by atoms with van der Waals surface area (Å²) in [5.74, 6) is 0.551. The van der Waals surface area contributed by atoms with Crippen molar-refractivity contribution >= 4 is 29.2 Å². The summed E-state index contributed by atoms with van der Waals surface area (Å²) in [6.45, 7) is 3.64. The van der Waals surface area contributed by atoms with Gasteiger partial charge in [-0.15, -0.1) is 11.3 Å². The summed E-state index contributed by atoms with van der Waals surface area (Å²) in [5.41, 5.74) is 0.481. The predicted molar refractivity (Wildman–Crippen MR) is 90.4 cm³/mol. The number of thiophene rings is 1. The van der Waals surface area contributed by atoms with Crippen LogP contribution in [0.3, 0.4) is 0 Å². The Labute approximate surface area is 143 Å². The zero-order valence-corrected chi connectivity index (χ0v) is 14.1. The first kappa shape index (κ1) is 16.3. The second kappa shape index (κ2) is 6.88. The third kappa shape index (κ3) is 3.33. The number of hydrogen-bond donors (Lipinski definition) is 0. The van der Waals surface area contributed by atoms with Crippen molar-refractivity contribution in [2.45, 2.75) is 20.0 Å². The van der Waals surface area contributed by atoms with E-state index in [4.69, 9.17) is 14.2 Å². The maximum atomic E-state index is 12.3. The fourth-order valence-electron chi connectivity index (χ4n) is 2.25. The van der Waals surface area contributed by atoms with Gasteiger partial charge in [-0.05, 0) is 37.4 Å². The van der Waals surface area contributed by atoms with Crippen molar-refractivity contribution in [2.75, 3.05) is 6.61 Å². The van der Waals surface area contributed by atoms with E-state index in [1.807, 2.05) is 17.5 Å². The summed E-state index contributed by atoms with van der Waals surface area (Å²) in [7, 11) is 0. The molecule has 0 amide bonds. The lowest BCUT2D eigenvalue weighted by molar-refractivity contribution is -0.150. The van der Waals surface area contributed by atoms with Gasteiger partial charge in [-0.3, -0.25) is 4.79 Å². The van der Waals surface area contributed by atoms with Gasteiger partial charge in [-0.1, -0.05) is 6.07 Å². The molecule has 0 radical (unpaired) electrons. The van der Waals surface area contributed by atoms with Crippen LogP contribution in [0.1, 0.15) is 29.1 Å². The SMILES string of the molecule is CCOC(=O)[C@@H](C)Oc1ccc2c(c1)O/C(=C\c1cccs1)C2=O. The molecule has 0 saturated carbocycles. The van der Waals surface area contributed by atoms with E-state index in [9.17, 15) is 9.59 Å². The van der Waals surface area contributed by atoms with Crippen LogP contribution in [-0.2, 0) is 9.53 Å². The zero-order chi connectivity index (χ0) is 17.1. The number of Topliss-reactive ketones (excluding diaryl/α,β-unsaturated/α-hetero) is 1. The first-order valence-corrected chi connectivity index (χ1v) is 8.41. The first-order chi connectivity index (χ1) is 11.6. The van der Waals surface area contributed by atoms with Crippen molar-refractivity contribution in [1.29, 1.82) is 0 Å². The summed E-state index contributed by atoms with van der Waals surface area (Å²) in [5, 5.41) is 1.93. The van der Waals surface area contributed by atoms with Crippen LogP contribution < -0.4 is 9.47 Å². The normalized spacial score (nSPS) is 15.8. The predicted octanol–water partition coefficient (Wildman–Crippen LogP) is 3.69. The topological polar surface area (TPSA) is 61.8 Å². The molecule has 0 N–H and O–H groups in total. The molecule has 0 spiro atoms. The molecule has 1 aromatic carbocycles. The highest BCUT2D eigenvalue weighted by atomic mass is 32.1. The van der Waals surface area contributed by atoms with Crippen LogP contribution in [-0.4, -0.2) is 24.5 Å². The van der Waals surface area contributed by atoms with Crippen molar-refractivity contribution in [2.24, 2.45) is 0 Å². The summed E-state index contributed by atoms with van der Waals surface area (Å²) < 4.78 is 16.1. The Bertz CT molecular complexity index is 792. The number of rotatable bonds is 5. The van der Waals surface area contributed by atoms with Crippen molar-refractivity contribution in [3.63, 3.8) is 0 Å². The van der Waals surface area contributed by atoms with Crippen molar-refractivity contribution in [3.8, 4) is 11.5 Å². The number of carbonyl (C=O) groups is 2. The van der Waals surface area contributed by atoms with Crippen LogP contribution in [0.25, 0.3) is 6.08 Å². The highest BCUT2D eigenvalue weighted by Crippen LogP contribution is 2.35. The Morgan fingerprint density at radius 2 is 2.21 bits per heavy atom. The Balaban J connectivity index is 1.77.